The van der Waals surface area contributed by atoms with Crippen molar-refractivity contribution in [3.8, 4) is 0 Å². The summed E-state index contributed by atoms with van der Waals surface area (Å²) in [4.78, 5) is 0. The van der Waals surface area contributed by atoms with Gasteiger partial charge in [0, 0.05) is 11.6 Å². The van der Waals surface area contributed by atoms with Crippen molar-refractivity contribution < 1.29 is 4.39 Å². The van der Waals surface area contributed by atoms with Gasteiger partial charge in [0.1, 0.15) is 5.82 Å². The molecule has 0 saturated heterocycles. The van der Waals surface area contributed by atoms with Crippen molar-refractivity contribution in [1.29, 1.82) is 0 Å². The van der Waals surface area contributed by atoms with E-state index in [9.17, 15) is 4.39 Å². The van der Waals surface area contributed by atoms with Crippen molar-refractivity contribution >= 4 is 5.69 Å². The molecule has 1 aliphatic heterocycles. The van der Waals surface area contributed by atoms with E-state index in [1.54, 1.807) is 12.1 Å². The Morgan fingerprint density at radius 3 is 2.59 bits per heavy atom. The first kappa shape index (κ1) is 13.6. The zero-order valence-electron chi connectivity index (χ0n) is 12.9. The van der Waals surface area contributed by atoms with Crippen LogP contribution in [0.2, 0.25) is 0 Å². The Bertz CT molecular complexity index is 745. The highest BCUT2D eigenvalue weighted by atomic mass is 19.1. The van der Waals surface area contributed by atoms with E-state index in [4.69, 9.17) is 0 Å². The lowest BCUT2D eigenvalue weighted by Gasteiger charge is -2.38. The normalized spacial score (nSPS) is 25.5. The SMILES string of the molecule is Cc1ccc2c(c1C)N[C@H](c1ccc(F)cc1)[C@@H]1CC=C[C@H]21. The number of hydrogen-bond donors (Lipinski definition) is 1. The summed E-state index contributed by atoms with van der Waals surface area (Å²) < 4.78 is 13.2. The Hall–Kier alpha value is -2.09. The summed E-state index contributed by atoms with van der Waals surface area (Å²) in [5.74, 6) is 0.804. The van der Waals surface area contributed by atoms with Gasteiger partial charge in [-0.2, -0.15) is 0 Å². The molecule has 2 heteroatoms. The van der Waals surface area contributed by atoms with Crippen LogP contribution in [0.4, 0.5) is 10.1 Å². The number of hydrogen-bond acceptors (Lipinski definition) is 1. The highest BCUT2D eigenvalue weighted by Gasteiger charge is 2.38. The maximum atomic E-state index is 13.2. The molecule has 1 nitrogen and oxygen atoms in total. The fraction of sp³-hybridized carbons (Fsp3) is 0.300. The molecule has 1 heterocycles. The van der Waals surface area contributed by atoms with Crippen molar-refractivity contribution in [2.24, 2.45) is 5.92 Å². The van der Waals surface area contributed by atoms with Gasteiger partial charge in [-0.3, -0.25) is 0 Å². The van der Waals surface area contributed by atoms with Crippen molar-refractivity contribution in [2.75, 3.05) is 5.32 Å². The van der Waals surface area contributed by atoms with Crippen LogP contribution in [-0.4, -0.2) is 0 Å². The van der Waals surface area contributed by atoms with E-state index in [0.29, 0.717) is 11.8 Å². The number of anilines is 1. The number of aryl methyl sites for hydroxylation is 1. The zero-order chi connectivity index (χ0) is 15.3. The van der Waals surface area contributed by atoms with Gasteiger partial charge in [0.05, 0.1) is 6.04 Å². The Morgan fingerprint density at radius 2 is 1.82 bits per heavy atom. The summed E-state index contributed by atoms with van der Waals surface area (Å²) in [7, 11) is 0. The van der Waals surface area contributed by atoms with Crippen LogP contribution < -0.4 is 5.32 Å². The summed E-state index contributed by atoms with van der Waals surface area (Å²) in [5.41, 5.74) is 6.47. The van der Waals surface area contributed by atoms with Gasteiger partial charge in [0.15, 0.2) is 0 Å². The highest BCUT2D eigenvalue weighted by molar-refractivity contribution is 5.65. The van der Waals surface area contributed by atoms with Gasteiger partial charge in [-0.15, -0.1) is 0 Å². The van der Waals surface area contributed by atoms with Crippen molar-refractivity contribution in [3.63, 3.8) is 0 Å². The van der Waals surface area contributed by atoms with Crippen LogP contribution in [-0.2, 0) is 0 Å². The second kappa shape index (κ2) is 4.98. The van der Waals surface area contributed by atoms with Crippen molar-refractivity contribution in [3.05, 3.63) is 76.6 Å². The molecule has 2 aromatic rings. The number of nitrogens with one attached hydrogen (secondary N) is 1. The fourth-order valence-electron chi connectivity index (χ4n) is 3.92. The van der Waals surface area contributed by atoms with Crippen LogP contribution in [0, 0.1) is 25.6 Å². The number of fused-ring (bicyclic) bond motifs is 3. The topological polar surface area (TPSA) is 12.0 Å². The molecule has 4 rings (SSSR count). The average Bonchev–Trinajstić information content (AvgIpc) is 3.01. The van der Waals surface area contributed by atoms with E-state index in [0.717, 1.165) is 6.42 Å². The van der Waals surface area contributed by atoms with E-state index in [1.807, 2.05) is 12.1 Å². The maximum Gasteiger partial charge on any atom is 0.123 e. The lowest BCUT2D eigenvalue weighted by atomic mass is 9.76. The molecule has 0 aromatic heterocycles. The van der Waals surface area contributed by atoms with E-state index < -0.39 is 0 Å². The monoisotopic (exact) mass is 293 g/mol. The van der Waals surface area contributed by atoms with Crippen LogP contribution in [0.3, 0.4) is 0 Å². The van der Waals surface area contributed by atoms with Crippen LogP contribution in [0.5, 0.6) is 0 Å². The molecule has 0 bridgehead atoms. The van der Waals surface area contributed by atoms with Gasteiger partial charge in [-0.1, -0.05) is 36.4 Å². The third-order valence-electron chi connectivity index (χ3n) is 5.30. The Labute approximate surface area is 130 Å². The standard InChI is InChI=1S/C20H20FN/c1-12-6-11-18-16-4-3-5-17(16)20(22-19(18)13(12)2)14-7-9-15(21)10-8-14/h3-4,6-11,16-17,20,22H,5H2,1-2H3/t16-,17+,20+/m0/s1. The van der Waals surface area contributed by atoms with Crippen LogP contribution >= 0.6 is 0 Å². The minimum Gasteiger partial charge on any atom is -0.377 e. The molecule has 112 valence electrons. The first-order valence-electron chi connectivity index (χ1n) is 7.94. The van der Waals surface area contributed by atoms with Gasteiger partial charge in [-0.25, -0.2) is 4.39 Å². The van der Waals surface area contributed by atoms with Crippen LogP contribution in [0.15, 0.2) is 48.6 Å². The van der Waals surface area contributed by atoms with Crippen molar-refractivity contribution in [1.82, 2.24) is 0 Å². The van der Waals surface area contributed by atoms with Gasteiger partial charge in [-0.05, 0) is 60.6 Å². The number of halogens is 1. The highest BCUT2D eigenvalue weighted by Crippen LogP contribution is 2.50. The van der Waals surface area contributed by atoms with E-state index in [2.05, 4.69) is 43.4 Å². The van der Waals surface area contributed by atoms with E-state index in [-0.39, 0.29) is 11.9 Å². The molecular formula is C20H20FN. The second-order valence-corrected chi connectivity index (χ2v) is 6.50. The molecule has 2 aliphatic rings. The molecule has 1 N–H and O–H groups in total. The molecule has 22 heavy (non-hydrogen) atoms. The molecular weight excluding hydrogens is 273 g/mol. The predicted molar refractivity (Wildman–Crippen MR) is 88.7 cm³/mol. The van der Waals surface area contributed by atoms with Gasteiger partial charge >= 0.3 is 0 Å². The predicted octanol–water partition coefficient (Wildman–Crippen LogP) is 5.27. The minimum absolute atomic E-state index is 0.173. The first-order chi connectivity index (χ1) is 10.6. The summed E-state index contributed by atoms with van der Waals surface area (Å²) >= 11 is 0. The Kier molecular flexibility index (Phi) is 3.07. The summed E-state index contributed by atoms with van der Waals surface area (Å²) in [6.45, 7) is 4.34. The maximum absolute atomic E-state index is 13.2. The molecule has 0 radical (unpaired) electrons. The molecule has 0 amide bonds. The molecule has 0 saturated carbocycles. The number of rotatable bonds is 1. The Morgan fingerprint density at radius 1 is 1.05 bits per heavy atom. The Balaban J connectivity index is 1.82. The molecule has 3 atom stereocenters. The van der Waals surface area contributed by atoms with E-state index in [1.165, 1.54) is 27.9 Å². The van der Waals surface area contributed by atoms with Crippen molar-refractivity contribution in [2.45, 2.75) is 32.2 Å². The summed E-state index contributed by atoms with van der Waals surface area (Å²) in [6.07, 6.45) is 5.71. The van der Waals surface area contributed by atoms with Gasteiger partial charge < -0.3 is 5.32 Å². The lowest BCUT2D eigenvalue weighted by molar-refractivity contribution is 0.424. The fourth-order valence-corrected chi connectivity index (χ4v) is 3.92. The average molecular weight is 293 g/mol. The van der Waals surface area contributed by atoms with Crippen LogP contribution in [0.1, 0.15) is 40.6 Å². The first-order valence-corrected chi connectivity index (χ1v) is 7.94. The second-order valence-electron chi connectivity index (χ2n) is 6.50. The molecule has 0 spiro atoms. The lowest BCUT2D eigenvalue weighted by Crippen LogP contribution is -2.29. The third kappa shape index (κ3) is 1.98. The molecule has 2 aromatic carbocycles. The quantitative estimate of drug-likeness (QED) is 0.706. The zero-order valence-corrected chi connectivity index (χ0v) is 12.9. The molecule has 0 fully saturated rings. The van der Waals surface area contributed by atoms with E-state index >= 15 is 0 Å². The third-order valence-corrected chi connectivity index (χ3v) is 5.30. The smallest absolute Gasteiger partial charge is 0.123 e. The summed E-state index contributed by atoms with van der Waals surface area (Å²) in [5, 5.41) is 3.75. The molecule has 1 aliphatic carbocycles. The number of allylic oxidation sites excluding steroid dienone is 2. The number of benzene rings is 2. The minimum atomic E-state index is -0.173. The van der Waals surface area contributed by atoms with Gasteiger partial charge in [0.2, 0.25) is 0 Å². The van der Waals surface area contributed by atoms with Crippen LogP contribution in [0.25, 0.3) is 0 Å². The largest absolute Gasteiger partial charge is 0.377 e. The summed E-state index contributed by atoms with van der Waals surface area (Å²) in [6, 6.07) is 11.7. The molecule has 0 unspecified atom stereocenters. The van der Waals surface area contributed by atoms with Gasteiger partial charge in [0.25, 0.3) is 0 Å².